The van der Waals surface area contributed by atoms with Crippen LogP contribution < -0.4 is 5.32 Å². The molecule has 16 heavy (non-hydrogen) atoms. The molecule has 0 amide bonds. The van der Waals surface area contributed by atoms with Crippen LogP contribution in [0.5, 0.6) is 0 Å². The van der Waals surface area contributed by atoms with Gasteiger partial charge < -0.3 is 5.32 Å². The lowest BCUT2D eigenvalue weighted by atomic mass is 9.87. The van der Waals surface area contributed by atoms with Crippen molar-refractivity contribution in [2.24, 2.45) is 5.92 Å². The summed E-state index contributed by atoms with van der Waals surface area (Å²) < 4.78 is 0. The molecule has 86 valence electrons. The number of aryl methyl sites for hydroxylation is 1. The highest BCUT2D eigenvalue weighted by Crippen LogP contribution is 2.24. The highest BCUT2D eigenvalue weighted by atomic mass is 32.1. The molecule has 1 aliphatic carbocycles. The number of hydrogen-bond donors (Lipinski definition) is 1. The first kappa shape index (κ1) is 11.6. The highest BCUT2D eigenvalue weighted by molar-refractivity contribution is 7.09. The van der Waals surface area contributed by atoms with Gasteiger partial charge in [0.25, 0.3) is 0 Å². The maximum absolute atomic E-state index is 8.82. The van der Waals surface area contributed by atoms with Crippen LogP contribution in [0.25, 0.3) is 0 Å². The van der Waals surface area contributed by atoms with Crippen LogP contribution in [0.15, 0.2) is 5.51 Å². The monoisotopic (exact) mass is 235 g/mol. The quantitative estimate of drug-likeness (QED) is 0.876. The largest absolute Gasteiger partial charge is 0.309 e. The standard InChI is InChI=1S/C12H17N3S/c1-9-12(16-8-15-9)7-14-11-4-2-10(6-13)3-5-11/h8,10-11,14H,2-5,7H2,1H3. The third-order valence-corrected chi connectivity index (χ3v) is 4.24. The van der Waals surface area contributed by atoms with E-state index in [2.05, 4.69) is 23.3 Å². The molecule has 0 aliphatic heterocycles. The first-order valence-corrected chi connectivity index (χ1v) is 6.69. The minimum absolute atomic E-state index is 0.295. The molecule has 0 spiro atoms. The van der Waals surface area contributed by atoms with Crippen LogP contribution in [0, 0.1) is 24.2 Å². The molecule has 0 atom stereocenters. The van der Waals surface area contributed by atoms with Gasteiger partial charge in [-0.15, -0.1) is 11.3 Å². The average molecular weight is 235 g/mol. The van der Waals surface area contributed by atoms with Gasteiger partial charge >= 0.3 is 0 Å². The van der Waals surface area contributed by atoms with Gasteiger partial charge in [0, 0.05) is 23.4 Å². The fourth-order valence-electron chi connectivity index (χ4n) is 2.16. The molecule has 1 fully saturated rings. The number of aromatic nitrogens is 1. The van der Waals surface area contributed by atoms with Gasteiger partial charge in [-0.25, -0.2) is 4.98 Å². The van der Waals surface area contributed by atoms with E-state index in [0.29, 0.717) is 12.0 Å². The Morgan fingerprint density at radius 1 is 1.50 bits per heavy atom. The number of nitrogens with one attached hydrogen (secondary N) is 1. The van der Waals surface area contributed by atoms with Crippen LogP contribution in [-0.2, 0) is 6.54 Å². The lowest BCUT2D eigenvalue weighted by Crippen LogP contribution is -2.32. The summed E-state index contributed by atoms with van der Waals surface area (Å²) in [5.41, 5.74) is 3.04. The van der Waals surface area contributed by atoms with Crippen LogP contribution in [0.2, 0.25) is 0 Å². The van der Waals surface area contributed by atoms with Crippen LogP contribution >= 0.6 is 11.3 Å². The summed E-state index contributed by atoms with van der Waals surface area (Å²) in [6, 6.07) is 2.96. The molecule has 4 heteroatoms. The second-order valence-electron chi connectivity index (χ2n) is 4.42. The van der Waals surface area contributed by atoms with Crippen molar-refractivity contribution in [3.63, 3.8) is 0 Å². The Kier molecular flexibility index (Phi) is 3.92. The van der Waals surface area contributed by atoms with Gasteiger partial charge in [-0.3, -0.25) is 0 Å². The SMILES string of the molecule is Cc1ncsc1CNC1CCC(C#N)CC1. The molecule has 0 bridgehead atoms. The van der Waals surface area contributed by atoms with E-state index in [1.165, 1.54) is 4.88 Å². The molecular formula is C12H17N3S. The first-order valence-electron chi connectivity index (χ1n) is 5.81. The number of nitriles is 1. The van der Waals surface area contributed by atoms with Gasteiger partial charge in [0.1, 0.15) is 0 Å². The molecule has 1 aliphatic rings. The van der Waals surface area contributed by atoms with E-state index in [-0.39, 0.29) is 0 Å². The summed E-state index contributed by atoms with van der Waals surface area (Å²) in [5, 5.41) is 12.4. The predicted octanol–water partition coefficient (Wildman–Crippen LogP) is 2.62. The molecule has 1 aromatic rings. The number of hydrogen-bond acceptors (Lipinski definition) is 4. The minimum Gasteiger partial charge on any atom is -0.309 e. The molecule has 1 aromatic heterocycles. The van der Waals surface area contributed by atoms with E-state index in [4.69, 9.17) is 5.26 Å². The van der Waals surface area contributed by atoms with Crippen LogP contribution in [-0.4, -0.2) is 11.0 Å². The van der Waals surface area contributed by atoms with Crippen LogP contribution in [0.3, 0.4) is 0 Å². The van der Waals surface area contributed by atoms with Crippen LogP contribution in [0.4, 0.5) is 0 Å². The van der Waals surface area contributed by atoms with E-state index in [1.54, 1.807) is 11.3 Å². The zero-order chi connectivity index (χ0) is 11.4. The molecule has 0 unspecified atom stereocenters. The molecule has 1 saturated carbocycles. The Morgan fingerprint density at radius 3 is 2.81 bits per heavy atom. The Labute approximate surface area is 101 Å². The Bertz CT molecular complexity index is 372. The van der Waals surface area contributed by atoms with Gasteiger partial charge in [0.15, 0.2) is 0 Å². The summed E-state index contributed by atoms with van der Waals surface area (Å²) in [4.78, 5) is 5.58. The maximum atomic E-state index is 8.82. The zero-order valence-corrected chi connectivity index (χ0v) is 10.4. The van der Waals surface area contributed by atoms with E-state index in [9.17, 15) is 0 Å². The Balaban J connectivity index is 1.76. The maximum Gasteiger partial charge on any atom is 0.0798 e. The number of nitrogens with zero attached hydrogens (tertiary/aromatic N) is 2. The predicted molar refractivity (Wildman–Crippen MR) is 65.0 cm³/mol. The summed E-state index contributed by atoms with van der Waals surface area (Å²) in [6.45, 7) is 2.98. The molecule has 3 nitrogen and oxygen atoms in total. The summed E-state index contributed by atoms with van der Waals surface area (Å²) in [5.74, 6) is 0.295. The summed E-state index contributed by atoms with van der Waals surface area (Å²) in [6.07, 6.45) is 4.37. The molecule has 1 N–H and O–H groups in total. The first-order chi connectivity index (χ1) is 7.79. The minimum atomic E-state index is 0.295. The second kappa shape index (κ2) is 5.42. The lowest BCUT2D eigenvalue weighted by molar-refractivity contribution is 0.331. The molecule has 1 heterocycles. The average Bonchev–Trinajstić information content (AvgIpc) is 2.73. The Morgan fingerprint density at radius 2 is 2.25 bits per heavy atom. The molecule has 0 aromatic carbocycles. The van der Waals surface area contributed by atoms with Gasteiger partial charge in [0.05, 0.1) is 17.3 Å². The van der Waals surface area contributed by atoms with Gasteiger partial charge in [-0.05, 0) is 32.6 Å². The van der Waals surface area contributed by atoms with Crippen molar-refractivity contribution in [1.82, 2.24) is 10.3 Å². The van der Waals surface area contributed by atoms with Crippen molar-refractivity contribution in [3.05, 3.63) is 16.1 Å². The van der Waals surface area contributed by atoms with Gasteiger partial charge in [0.2, 0.25) is 0 Å². The normalized spacial score (nSPS) is 25.2. The van der Waals surface area contributed by atoms with Crippen molar-refractivity contribution >= 4 is 11.3 Å². The van der Waals surface area contributed by atoms with E-state index in [0.717, 1.165) is 37.9 Å². The Hall–Kier alpha value is -0.920. The third kappa shape index (κ3) is 2.81. The van der Waals surface area contributed by atoms with Crippen molar-refractivity contribution < 1.29 is 0 Å². The molecule has 0 radical (unpaired) electrons. The van der Waals surface area contributed by atoms with Crippen LogP contribution in [0.1, 0.15) is 36.3 Å². The lowest BCUT2D eigenvalue weighted by Gasteiger charge is -2.25. The number of rotatable bonds is 3. The summed E-state index contributed by atoms with van der Waals surface area (Å²) in [7, 11) is 0. The molecule has 2 rings (SSSR count). The van der Waals surface area contributed by atoms with E-state index < -0.39 is 0 Å². The van der Waals surface area contributed by atoms with Gasteiger partial charge in [-0.1, -0.05) is 0 Å². The third-order valence-electron chi connectivity index (χ3n) is 3.31. The van der Waals surface area contributed by atoms with Crippen molar-refractivity contribution in [3.8, 4) is 6.07 Å². The number of thiazole rings is 1. The van der Waals surface area contributed by atoms with E-state index >= 15 is 0 Å². The van der Waals surface area contributed by atoms with E-state index in [1.807, 2.05) is 5.51 Å². The zero-order valence-electron chi connectivity index (χ0n) is 9.57. The topological polar surface area (TPSA) is 48.7 Å². The molecule has 0 saturated heterocycles. The summed E-state index contributed by atoms with van der Waals surface area (Å²) >= 11 is 1.72. The van der Waals surface area contributed by atoms with Gasteiger partial charge in [-0.2, -0.15) is 5.26 Å². The molecular weight excluding hydrogens is 218 g/mol. The fraction of sp³-hybridized carbons (Fsp3) is 0.667. The van der Waals surface area contributed by atoms with Crippen molar-refractivity contribution in [2.75, 3.05) is 0 Å². The smallest absolute Gasteiger partial charge is 0.0798 e. The van der Waals surface area contributed by atoms with Crippen molar-refractivity contribution in [1.29, 1.82) is 5.26 Å². The van der Waals surface area contributed by atoms with Crippen molar-refractivity contribution in [2.45, 2.75) is 45.2 Å². The second-order valence-corrected chi connectivity index (χ2v) is 5.36. The highest BCUT2D eigenvalue weighted by Gasteiger charge is 2.20. The fourth-order valence-corrected chi connectivity index (χ4v) is 2.89.